The Labute approximate surface area is 299 Å². The van der Waals surface area contributed by atoms with Gasteiger partial charge in [-0.05, 0) is 124 Å². The molecule has 0 saturated heterocycles. The van der Waals surface area contributed by atoms with Gasteiger partial charge < -0.3 is 0 Å². The fourth-order valence-electron chi connectivity index (χ4n) is 7.49. The van der Waals surface area contributed by atoms with E-state index in [1.54, 1.807) is 0 Å². The molecule has 7 aromatic carbocycles. The lowest BCUT2D eigenvalue weighted by Gasteiger charge is -2.25. The van der Waals surface area contributed by atoms with Crippen molar-refractivity contribution in [3.05, 3.63) is 156 Å². The first-order chi connectivity index (χ1) is 24.1. The van der Waals surface area contributed by atoms with Gasteiger partial charge in [-0.3, -0.25) is 0 Å². The van der Waals surface area contributed by atoms with Crippen LogP contribution in [0.25, 0.3) is 66.1 Å². The highest BCUT2D eigenvalue weighted by atomic mass is 14.3. The summed E-state index contributed by atoms with van der Waals surface area (Å²) in [5.74, 6) is 1.87. The molecule has 250 valence electrons. The minimum absolute atomic E-state index is 0.466. The third-order valence-corrected chi connectivity index (χ3v) is 10.6. The van der Waals surface area contributed by atoms with E-state index in [-0.39, 0.29) is 0 Å². The minimum Gasteiger partial charge on any atom is -0.0616 e. The molecule has 0 aliphatic carbocycles. The smallest absolute Gasteiger partial charge is 0.00141 e. The third-order valence-electron chi connectivity index (χ3n) is 10.6. The number of benzene rings is 7. The van der Waals surface area contributed by atoms with Crippen molar-refractivity contribution >= 4 is 21.5 Å². The maximum atomic E-state index is 2.44. The third kappa shape index (κ3) is 6.29. The van der Waals surface area contributed by atoms with Crippen LogP contribution in [0.1, 0.15) is 101 Å². The molecule has 7 rings (SSSR count). The van der Waals surface area contributed by atoms with Gasteiger partial charge in [0.1, 0.15) is 0 Å². The molecule has 0 unspecified atom stereocenters. The first-order valence-corrected chi connectivity index (χ1v) is 18.5. The number of hydrogen-bond acceptors (Lipinski definition) is 0. The summed E-state index contributed by atoms with van der Waals surface area (Å²) in [5.41, 5.74) is 15.6. The molecule has 0 atom stereocenters. The van der Waals surface area contributed by atoms with Gasteiger partial charge in [0.15, 0.2) is 0 Å². The average molecular weight is 651 g/mol. The average Bonchev–Trinajstić information content (AvgIpc) is 3.13. The van der Waals surface area contributed by atoms with Crippen LogP contribution in [-0.4, -0.2) is 0 Å². The van der Waals surface area contributed by atoms with Crippen molar-refractivity contribution in [2.24, 2.45) is 0 Å². The zero-order valence-corrected chi connectivity index (χ0v) is 31.0. The van der Waals surface area contributed by atoms with Crippen LogP contribution < -0.4 is 0 Å². The van der Waals surface area contributed by atoms with Crippen LogP contribution in [-0.2, 0) is 0 Å². The summed E-state index contributed by atoms with van der Waals surface area (Å²) in [6.45, 7) is 18.2. The van der Waals surface area contributed by atoms with E-state index in [0.29, 0.717) is 23.7 Å². The van der Waals surface area contributed by atoms with E-state index >= 15 is 0 Å². The minimum atomic E-state index is 0.466. The maximum Gasteiger partial charge on any atom is -0.00141 e. The van der Waals surface area contributed by atoms with E-state index in [2.05, 4.69) is 189 Å². The zero-order chi connectivity index (χ0) is 35.1. The fraction of sp³-hybridized carbons (Fsp3) is 0.240. The van der Waals surface area contributed by atoms with Crippen molar-refractivity contribution in [2.75, 3.05) is 0 Å². The molecular weight excluding hydrogens is 601 g/mol. The van der Waals surface area contributed by atoms with Crippen molar-refractivity contribution in [1.82, 2.24) is 0 Å². The monoisotopic (exact) mass is 650 g/mol. The van der Waals surface area contributed by atoms with Gasteiger partial charge in [-0.15, -0.1) is 0 Å². The Hall–Kier alpha value is -4.94. The van der Waals surface area contributed by atoms with Gasteiger partial charge in [-0.2, -0.15) is 0 Å². The van der Waals surface area contributed by atoms with Crippen LogP contribution in [0.5, 0.6) is 0 Å². The summed E-state index contributed by atoms with van der Waals surface area (Å²) in [6, 6.07) is 51.2. The summed E-state index contributed by atoms with van der Waals surface area (Å²) in [4.78, 5) is 0. The van der Waals surface area contributed by atoms with Crippen molar-refractivity contribution in [2.45, 2.75) is 79.1 Å². The first-order valence-electron chi connectivity index (χ1n) is 18.5. The lowest BCUT2D eigenvalue weighted by atomic mass is 9.77. The molecule has 0 aliphatic rings. The van der Waals surface area contributed by atoms with Gasteiger partial charge in [0.2, 0.25) is 0 Å². The second kappa shape index (κ2) is 13.8. The Balaban J connectivity index is 1.70. The van der Waals surface area contributed by atoms with Gasteiger partial charge in [0.25, 0.3) is 0 Å². The molecule has 50 heavy (non-hydrogen) atoms. The zero-order valence-electron chi connectivity index (χ0n) is 31.0. The van der Waals surface area contributed by atoms with Crippen molar-refractivity contribution < 1.29 is 0 Å². The molecule has 0 bridgehead atoms. The Kier molecular flexibility index (Phi) is 9.23. The molecule has 7 aromatic rings. The van der Waals surface area contributed by atoms with Crippen molar-refractivity contribution in [3.8, 4) is 44.5 Å². The van der Waals surface area contributed by atoms with E-state index in [9.17, 15) is 0 Å². The Morgan fingerprint density at radius 2 is 0.520 bits per heavy atom. The predicted octanol–water partition coefficient (Wildman–Crippen LogP) is 15.2. The van der Waals surface area contributed by atoms with Crippen LogP contribution in [0.3, 0.4) is 0 Å². The number of hydrogen-bond donors (Lipinski definition) is 0. The Morgan fingerprint density at radius 1 is 0.280 bits per heavy atom. The quantitative estimate of drug-likeness (QED) is 0.144. The number of rotatable bonds is 8. The lowest BCUT2D eigenvalue weighted by Crippen LogP contribution is -1.99. The summed E-state index contributed by atoms with van der Waals surface area (Å²) in [5, 5.41) is 5.09. The van der Waals surface area contributed by atoms with Crippen LogP contribution >= 0.6 is 0 Å². The molecule has 0 amide bonds. The summed E-state index contributed by atoms with van der Waals surface area (Å²) < 4.78 is 0. The highest BCUT2D eigenvalue weighted by Gasteiger charge is 2.25. The van der Waals surface area contributed by atoms with Crippen molar-refractivity contribution in [1.29, 1.82) is 0 Å². The Bertz CT molecular complexity index is 2090. The van der Waals surface area contributed by atoms with E-state index in [4.69, 9.17) is 0 Å². The van der Waals surface area contributed by atoms with E-state index in [1.807, 2.05) is 0 Å². The standard InChI is InChI=1S/C50H50/c1-31(2)35-13-21-39(22-14-35)47-45-29-43-11-9-10-12-44(43)30-46(45)48(40-23-15-36(16-24-40)32(3)4)50(42-27-19-38(20-28-42)34(7)8)49(47)41-25-17-37(18-26-41)33(5)6/h9-34H,1-8H3. The lowest BCUT2D eigenvalue weighted by molar-refractivity contribution is 0.866. The predicted molar refractivity (Wildman–Crippen MR) is 220 cm³/mol. The second-order valence-corrected chi connectivity index (χ2v) is 15.4. The molecule has 0 aliphatic heterocycles. The normalized spacial score (nSPS) is 11.9. The maximum absolute atomic E-state index is 2.44. The van der Waals surface area contributed by atoms with E-state index < -0.39 is 0 Å². The summed E-state index contributed by atoms with van der Waals surface area (Å²) in [7, 11) is 0. The molecule has 0 radical (unpaired) electrons. The molecule has 0 spiro atoms. The summed E-state index contributed by atoms with van der Waals surface area (Å²) in [6.07, 6.45) is 0. The molecule has 0 aromatic heterocycles. The van der Waals surface area contributed by atoms with Crippen LogP contribution in [0.4, 0.5) is 0 Å². The number of fused-ring (bicyclic) bond motifs is 2. The van der Waals surface area contributed by atoms with E-state index in [1.165, 1.54) is 88.3 Å². The highest BCUT2D eigenvalue weighted by molar-refractivity contribution is 6.20. The van der Waals surface area contributed by atoms with Gasteiger partial charge in [0.05, 0.1) is 0 Å². The van der Waals surface area contributed by atoms with Gasteiger partial charge in [0, 0.05) is 0 Å². The van der Waals surface area contributed by atoms with Crippen LogP contribution in [0.2, 0.25) is 0 Å². The largest absolute Gasteiger partial charge is 0.0616 e. The molecule has 0 N–H and O–H groups in total. The first kappa shape index (κ1) is 33.6. The van der Waals surface area contributed by atoms with Crippen LogP contribution in [0.15, 0.2) is 133 Å². The molecule has 0 heteroatoms. The van der Waals surface area contributed by atoms with Gasteiger partial charge in [-0.1, -0.05) is 177 Å². The molecule has 0 saturated carbocycles. The highest BCUT2D eigenvalue weighted by Crippen LogP contribution is 2.52. The molecular formula is C50H50. The molecule has 0 fully saturated rings. The van der Waals surface area contributed by atoms with Crippen LogP contribution in [0, 0.1) is 0 Å². The van der Waals surface area contributed by atoms with E-state index in [0.717, 1.165) is 0 Å². The SMILES string of the molecule is CC(C)c1ccc(-c2c(-c3ccc(C(C)C)cc3)c(-c3ccc(C(C)C)cc3)c3cc4ccccc4cc3c2-c2ccc(C(C)C)cc2)cc1. The molecule has 0 heterocycles. The molecule has 0 nitrogen and oxygen atoms in total. The van der Waals surface area contributed by atoms with Gasteiger partial charge >= 0.3 is 0 Å². The topological polar surface area (TPSA) is 0 Å². The summed E-state index contributed by atoms with van der Waals surface area (Å²) >= 11 is 0. The fourth-order valence-corrected chi connectivity index (χ4v) is 7.49. The second-order valence-electron chi connectivity index (χ2n) is 15.4. The Morgan fingerprint density at radius 3 is 0.760 bits per heavy atom. The van der Waals surface area contributed by atoms with Gasteiger partial charge in [-0.25, -0.2) is 0 Å². The van der Waals surface area contributed by atoms with Crippen molar-refractivity contribution in [3.63, 3.8) is 0 Å².